The first-order chi connectivity index (χ1) is 7.30. The Hall–Kier alpha value is -0.830. The minimum Gasteiger partial charge on any atom is -0.343 e. The smallest absolute Gasteiger partial charge is 0.287 e. The van der Waals surface area contributed by atoms with Crippen molar-refractivity contribution in [3.05, 3.63) is 34.9 Å². The van der Waals surface area contributed by atoms with E-state index in [1.807, 2.05) is 0 Å². The molecule has 0 saturated carbocycles. The fourth-order valence-corrected chi connectivity index (χ4v) is 1.67. The molecule has 1 aromatic rings. The van der Waals surface area contributed by atoms with Gasteiger partial charge >= 0.3 is 0 Å². The molecule has 0 unspecified atom stereocenters. The molecular weight excluding hydrogens is 266 g/mol. The number of carbonyl (C=O) groups is 1. The van der Waals surface area contributed by atoms with E-state index < -0.39 is 0 Å². The number of rotatable bonds is 2. The van der Waals surface area contributed by atoms with Gasteiger partial charge in [0.1, 0.15) is 0 Å². The minimum absolute atomic E-state index is 0.169. The minimum atomic E-state index is -0.174. The van der Waals surface area contributed by atoms with Gasteiger partial charge in [-0.2, -0.15) is 0 Å². The van der Waals surface area contributed by atoms with E-state index in [0.717, 1.165) is 5.56 Å². The van der Waals surface area contributed by atoms with Crippen LogP contribution >= 0.6 is 15.9 Å². The average Bonchev–Trinajstić information content (AvgIpc) is 2.14. The Kier molecular flexibility index (Phi) is 4.14. The predicted octanol–water partition coefficient (Wildman–Crippen LogP) is 3.90. The maximum Gasteiger partial charge on any atom is 0.287 e. The summed E-state index contributed by atoms with van der Waals surface area (Å²) in [6, 6.07) is 6.40. The standard InChI is InChI=1S/C13H18BrNO/c1-9-7-11(13(2,3)4)6-5-10(9)8-15-12(14)16/h5-7H,8H2,1-4H3,(H,15,16). The second-order valence-corrected chi connectivity index (χ2v) is 5.74. The van der Waals surface area contributed by atoms with E-state index >= 15 is 0 Å². The first-order valence-corrected chi connectivity index (χ1v) is 6.13. The maximum atomic E-state index is 10.8. The third kappa shape index (κ3) is 3.63. The van der Waals surface area contributed by atoms with E-state index in [1.165, 1.54) is 11.1 Å². The van der Waals surface area contributed by atoms with Crippen molar-refractivity contribution in [3.63, 3.8) is 0 Å². The highest BCUT2D eigenvalue weighted by Gasteiger charge is 2.14. The van der Waals surface area contributed by atoms with Crippen LogP contribution in [-0.4, -0.2) is 4.82 Å². The lowest BCUT2D eigenvalue weighted by Gasteiger charge is -2.20. The third-order valence-electron chi connectivity index (χ3n) is 2.63. The Morgan fingerprint density at radius 1 is 1.38 bits per heavy atom. The van der Waals surface area contributed by atoms with Crippen molar-refractivity contribution < 1.29 is 4.79 Å². The monoisotopic (exact) mass is 283 g/mol. The van der Waals surface area contributed by atoms with Crippen molar-refractivity contribution in [2.24, 2.45) is 0 Å². The molecule has 0 spiro atoms. The van der Waals surface area contributed by atoms with Crippen molar-refractivity contribution in [2.45, 2.75) is 39.7 Å². The number of hydrogen-bond donors (Lipinski definition) is 1. The van der Waals surface area contributed by atoms with Gasteiger partial charge in [-0.1, -0.05) is 39.0 Å². The van der Waals surface area contributed by atoms with E-state index in [2.05, 4.69) is 67.1 Å². The lowest BCUT2D eigenvalue weighted by molar-refractivity contribution is 0.261. The van der Waals surface area contributed by atoms with Crippen LogP contribution in [0.25, 0.3) is 0 Å². The average molecular weight is 284 g/mol. The van der Waals surface area contributed by atoms with E-state index in [-0.39, 0.29) is 10.2 Å². The van der Waals surface area contributed by atoms with Crippen LogP contribution in [0.15, 0.2) is 18.2 Å². The van der Waals surface area contributed by atoms with E-state index in [0.29, 0.717) is 6.54 Å². The molecular formula is C13H18BrNO. The third-order valence-corrected chi connectivity index (χ3v) is 2.91. The second kappa shape index (κ2) is 5.00. The summed E-state index contributed by atoms with van der Waals surface area (Å²) in [5.41, 5.74) is 3.86. The molecule has 1 amide bonds. The molecule has 0 aliphatic carbocycles. The molecule has 88 valence electrons. The molecule has 0 fully saturated rings. The number of benzene rings is 1. The summed E-state index contributed by atoms with van der Waals surface area (Å²) in [4.78, 5) is 10.6. The molecule has 0 heterocycles. The molecule has 0 saturated heterocycles. The molecule has 3 heteroatoms. The Bertz CT molecular complexity index is 393. The Labute approximate surface area is 106 Å². The fourth-order valence-electron chi connectivity index (χ4n) is 1.53. The van der Waals surface area contributed by atoms with Crippen LogP contribution in [0.5, 0.6) is 0 Å². The Morgan fingerprint density at radius 2 is 2.00 bits per heavy atom. The molecule has 1 rings (SSSR count). The highest BCUT2D eigenvalue weighted by Crippen LogP contribution is 2.24. The van der Waals surface area contributed by atoms with Gasteiger partial charge in [0.05, 0.1) is 0 Å². The van der Waals surface area contributed by atoms with Crippen LogP contribution in [0, 0.1) is 6.92 Å². The Morgan fingerprint density at radius 3 is 2.44 bits per heavy atom. The zero-order chi connectivity index (χ0) is 12.3. The molecule has 2 nitrogen and oxygen atoms in total. The summed E-state index contributed by atoms with van der Waals surface area (Å²) in [6.45, 7) is 9.23. The normalized spacial score (nSPS) is 11.3. The first kappa shape index (κ1) is 13.2. The van der Waals surface area contributed by atoms with Crippen LogP contribution in [0.4, 0.5) is 4.79 Å². The fraction of sp³-hybridized carbons (Fsp3) is 0.462. The lowest BCUT2D eigenvalue weighted by atomic mass is 9.85. The number of aryl methyl sites for hydroxylation is 1. The van der Waals surface area contributed by atoms with Gasteiger partial charge in [-0.05, 0) is 29.0 Å². The zero-order valence-corrected chi connectivity index (χ0v) is 11.8. The van der Waals surface area contributed by atoms with Crippen LogP contribution in [0.3, 0.4) is 0 Å². The zero-order valence-electron chi connectivity index (χ0n) is 10.2. The van der Waals surface area contributed by atoms with Crippen molar-refractivity contribution in [3.8, 4) is 0 Å². The summed E-state index contributed by atoms with van der Waals surface area (Å²) >= 11 is 2.85. The van der Waals surface area contributed by atoms with Gasteiger partial charge in [0.25, 0.3) is 4.82 Å². The van der Waals surface area contributed by atoms with Crippen LogP contribution in [-0.2, 0) is 12.0 Å². The van der Waals surface area contributed by atoms with Gasteiger partial charge in [0.2, 0.25) is 0 Å². The number of carbonyl (C=O) groups excluding carboxylic acids is 1. The SMILES string of the molecule is Cc1cc(C(C)(C)C)ccc1CNC(=O)Br. The van der Waals surface area contributed by atoms with Gasteiger partial charge < -0.3 is 5.32 Å². The summed E-state index contributed by atoms with van der Waals surface area (Å²) in [5.74, 6) is 0. The molecule has 1 N–H and O–H groups in total. The predicted molar refractivity (Wildman–Crippen MR) is 71.0 cm³/mol. The van der Waals surface area contributed by atoms with E-state index in [1.54, 1.807) is 0 Å². The topological polar surface area (TPSA) is 29.1 Å². The molecule has 0 bridgehead atoms. The van der Waals surface area contributed by atoms with Gasteiger partial charge in [-0.15, -0.1) is 0 Å². The molecule has 0 aromatic heterocycles. The van der Waals surface area contributed by atoms with Crippen molar-refractivity contribution >= 4 is 20.7 Å². The summed E-state index contributed by atoms with van der Waals surface area (Å²) < 4.78 is 0. The summed E-state index contributed by atoms with van der Waals surface area (Å²) in [5, 5.41) is 2.74. The number of halogens is 1. The van der Waals surface area contributed by atoms with Crippen LogP contribution in [0.2, 0.25) is 0 Å². The van der Waals surface area contributed by atoms with Gasteiger partial charge in [-0.25, -0.2) is 0 Å². The molecule has 0 aliphatic heterocycles. The highest BCUT2D eigenvalue weighted by molar-refractivity contribution is 9.18. The quantitative estimate of drug-likeness (QED) is 0.647. The van der Waals surface area contributed by atoms with Gasteiger partial charge in [0, 0.05) is 22.5 Å². The first-order valence-electron chi connectivity index (χ1n) is 5.34. The number of amides is 1. The van der Waals surface area contributed by atoms with E-state index in [4.69, 9.17) is 0 Å². The van der Waals surface area contributed by atoms with E-state index in [9.17, 15) is 4.79 Å². The van der Waals surface area contributed by atoms with Crippen molar-refractivity contribution in [2.75, 3.05) is 0 Å². The molecule has 0 radical (unpaired) electrons. The largest absolute Gasteiger partial charge is 0.343 e. The summed E-state index contributed by atoms with van der Waals surface area (Å²) in [6.07, 6.45) is 0. The number of hydrogen-bond acceptors (Lipinski definition) is 1. The lowest BCUT2D eigenvalue weighted by Crippen LogP contribution is -2.17. The maximum absolute atomic E-state index is 10.8. The summed E-state index contributed by atoms with van der Waals surface area (Å²) in [7, 11) is 0. The van der Waals surface area contributed by atoms with Crippen molar-refractivity contribution in [1.82, 2.24) is 5.32 Å². The van der Waals surface area contributed by atoms with Crippen molar-refractivity contribution in [1.29, 1.82) is 0 Å². The molecule has 1 aromatic carbocycles. The van der Waals surface area contributed by atoms with Crippen LogP contribution in [0.1, 0.15) is 37.5 Å². The second-order valence-electron chi connectivity index (χ2n) is 5.02. The molecule has 0 atom stereocenters. The Balaban J connectivity index is 2.88. The van der Waals surface area contributed by atoms with Crippen LogP contribution < -0.4 is 5.32 Å². The number of nitrogens with one attached hydrogen (secondary N) is 1. The molecule has 0 aliphatic rings. The van der Waals surface area contributed by atoms with Gasteiger partial charge in [0.15, 0.2) is 0 Å². The highest BCUT2D eigenvalue weighted by atomic mass is 79.9. The van der Waals surface area contributed by atoms with Gasteiger partial charge in [-0.3, -0.25) is 4.79 Å². The molecule has 16 heavy (non-hydrogen) atoms.